The van der Waals surface area contributed by atoms with E-state index in [9.17, 15) is 18.0 Å². The molecule has 0 radical (unpaired) electrons. The van der Waals surface area contributed by atoms with E-state index in [2.05, 4.69) is 15.7 Å². The summed E-state index contributed by atoms with van der Waals surface area (Å²) in [6.45, 7) is 2.57. The van der Waals surface area contributed by atoms with E-state index in [0.29, 0.717) is 12.3 Å². The number of ether oxygens (including phenoxy) is 1. The van der Waals surface area contributed by atoms with Crippen LogP contribution >= 0.6 is 0 Å². The summed E-state index contributed by atoms with van der Waals surface area (Å²) in [5.41, 5.74) is -0.145. The van der Waals surface area contributed by atoms with Crippen molar-refractivity contribution >= 4 is 11.7 Å². The van der Waals surface area contributed by atoms with Crippen molar-refractivity contribution in [2.45, 2.75) is 38.1 Å². The highest BCUT2D eigenvalue weighted by molar-refractivity contribution is 5.89. The Hall–Kier alpha value is -2.55. The molecule has 1 saturated heterocycles. The van der Waals surface area contributed by atoms with Crippen molar-refractivity contribution in [3.63, 3.8) is 0 Å². The van der Waals surface area contributed by atoms with Gasteiger partial charge in [-0.25, -0.2) is 9.48 Å². The summed E-state index contributed by atoms with van der Waals surface area (Å²) in [6.07, 6.45) is -1.52. The Kier molecular flexibility index (Phi) is 5.17. The first-order valence-electron chi connectivity index (χ1n) is 8.25. The normalized spacial score (nSPS) is 18.5. The number of urea groups is 1. The summed E-state index contributed by atoms with van der Waals surface area (Å²) >= 11 is 0. The molecule has 2 amide bonds. The number of carbonyl (C=O) groups excluding carboxylic acids is 1. The largest absolute Gasteiger partial charge is 0.433 e. The highest BCUT2D eigenvalue weighted by Crippen LogP contribution is 2.30. The molecule has 0 unspecified atom stereocenters. The quantitative estimate of drug-likeness (QED) is 0.867. The predicted molar refractivity (Wildman–Crippen MR) is 89.2 cm³/mol. The van der Waals surface area contributed by atoms with E-state index < -0.39 is 17.9 Å². The van der Waals surface area contributed by atoms with Gasteiger partial charge in [0.1, 0.15) is 5.69 Å². The highest BCUT2D eigenvalue weighted by Gasteiger charge is 2.35. The summed E-state index contributed by atoms with van der Waals surface area (Å²) in [6, 6.07) is 6.35. The molecule has 0 saturated carbocycles. The minimum atomic E-state index is -4.49. The molecule has 0 spiro atoms. The van der Waals surface area contributed by atoms with Gasteiger partial charge >= 0.3 is 12.2 Å². The van der Waals surface area contributed by atoms with Gasteiger partial charge < -0.3 is 15.4 Å². The van der Waals surface area contributed by atoms with Crippen LogP contribution < -0.4 is 10.6 Å². The number of rotatable bonds is 4. The molecule has 26 heavy (non-hydrogen) atoms. The molecule has 9 heteroatoms. The second-order valence-corrected chi connectivity index (χ2v) is 6.11. The molecule has 1 aliphatic heterocycles. The van der Waals surface area contributed by atoms with Crippen molar-refractivity contribution in [2.75, 3.05) is 11.9 Å². The summed E-state index contributed by atoms with van der Waals surface area (Å²) in [5, 5.41) is 9.17. The third kappa shape index (κ3) is 4.16. The van der Waals surface area contributed by atoms with E-state index >= 15 is 0 Å². The van der Waals surface area contributed by atoms with Gasteiger partial charge in [-0.1, -0.05) is 0 Å². The highest BCUT2D eigenvalue weighted by atomic mass is 19.4. The minimum absolute atomic E-state index is 0.00345. The first kappa shape index (κ1) is 18.2. The number of carbonyl (C=O) groups is 1. The third-order valence-electron chi connectivity index (χ3n) is 4.18. The average molecular weight is 368 g/mol. The molecule has 3 rings (SSSR count). The monoisotopic (exact) mass is 368 g/mol. The van der Waals surface area contributed by atoms with Crippen molar-refractivity contribution in [3.8, 4) is 5.69 Å². The molecule has 2 heterocycles. The predicted octanol–water partition coefficient (Wildman–Crippen LogP) is 3.58. The first-order chi connectivity index (χ1) is 12.3. The zero-order valence-corrected chi connectivity index (χ0v) is 14.1. The average Bonchev–Trinajstić information content (AvgIpc) is 3.27. The van der Waals surface area contributed by atoms with Gasteiger partial charge in [-0.15, -0.1) is 0 Å². The van der Waals surface area contributed by atoms with Crippen molar-refractivity contribution in [3.05, 3.63) is 42.2 Å². The molecule has 6 nitrogen and oxygen atoms in total. The Labute approximate surface area is 148 Å². The zero-order chi connectivity index (χ0) is 18.7. The van der Waals surface area contributed by atoms with Gasteiger partial charge in [-0.2, -0.15) is 18.3 Å². The number of anilines is 1. The van der Waals surface area contributed by atoms with Crippen LogP contribution in [0, 0.1) is 0 Å². The van der Waals surface area contributed by atoms with Crippen LogP contribution in [0.25, 0.3) is 5.69 Å². The molecule has 1 aliphatic rings. The smallest absolute Gasteiger partial charge is 0.376 e. The van der Waals surface area contributed by atoms with Gasteiger partial charge in [0.25, 0.3) is 0 Å². The fourth-order valence-corrected chi connectivity index (χ4v) is 2.87. The lowest BCUT2D eigenvalue weighted by Gasteiger charge is -2.20. The standard InChI is InChI=1S/C17H19F3N4O2/c1-11(14-3-2-10-26-14)22-16(25)23-12-4-6-13(7-5-12)24-15(8-9-21-24)17(18,19)20/h4-9,11,14H,2-3,10H2,1H3,(H2,22,23,25)/t11-,14+/m1/s1. The summed E-state index contributed by atoms with van der Waals surface area (Å²) < 4.78 is 45.1. The first-order valence-corrected chi connectivity index (χ1v) is 8.25. The van der Waals surface area contributed by atoms with Crippen LogP contribution in [0.3, 0.4) is 0 Å². The van der Waals surface area contributed by atoms with Crippen LogP contribution in [-0.2, 0) is 10.9 Å². The Morgan fingerprint density at radius 1 is 1.31 bits per heavy atom. The van der Waals surface area contributed by atoms with Crippen LogP contribution in [0.2, 0.25) is 0 Å². The lowest BCUT2D eigenvalue weighted by molar-refractivity contribution is -0.142. The van der Waals surface area contributed by atoms with Crippen LogP contribution in [0.5, 0.6) is 0 Å². The Bertz CT molecular complexity index is 752. The van der Waals surface area contributed by atoms with Crippen LogP contribution in [0.15, 0.2) is 36.5 Å². The second-order valence-electron chi connectivity index (χ2n) is 6.11. The molecule has 140 valence electrons. The summed E-state index contributed by atoms with van der Waals surface area (Å²) in [7, 11) is 0. The van der Waals surface area contributed by atoms with Crippen molar-refractivity contribution in [2.24, 2.45) is 0 Å². The SMILES string of the molecule is C[C@@H](NC(=O)Nc1ccc(-n2nccc2C(F)(F)F)cc1)[C@@H]1CCCO1. The lowest BCUT2D eigenvalue weighted by Crippen LogP contribution is -2.42. The second kappa shape index (κ2) is 7.36. The Balaban J connectivity index is 1.63. The van der Waals surface area contributed by atoms with Gasteiger partial charge in [-0.05, 0) is 50.1 Å². The van der Waals surface area contributed by atoms with E-state index in [1.54, 1.807) is 0 Å². The molecule has 1 aromatic carbocycles. The van der Waals surface area contributed by atoms with Gasteiger partial charge in [0, 0.05) is 12.3 Å². The van der Waals surface area contributed by atoms with E-state index in [1.807, 2.05) is 6.92 Å². The number of hydrogen-bond donors (Lipinski definition) is 2. The third-order valence-corrected chi connectivity index (χ3v) is 4.18. The van der Waals surface area contributed by atoms with Gasteiger partial charge in [0.05, 0.1) is 24.0 Å². The number of amides is 2. The number of alkyl halides is 3. The molecule has 2 atom stereocenters. The van der Waals surface area contributed by atoms with E-state index in [4.69, 9.17) is 4.74 Å². The van der Waals surface area contributed by atoms with Gasteiger partial charge in [0.2, 0.25) is 0 Å². The van der Waals surface area contributed by atoms with Crippen molar-refractivity contribution in [1.82, 2.24) is 15.1 Å². The molecule has 1 aromatic heterocycles. The summed E-state index contributed by atoms with van der Waals surface area (Å²) in [5.74, 6) is 0. The minimum Gasteiger partial charge on any atom is -0.376 e. The van der Waals surface area contributed by atoms with E-state index in [-0.39, 0.29) is 17.8 Å². The van der Waals surface area contributed by atoms with E-state index in [1.165, 1.54) is 24.3 Å². The molecule has 0 bridgehead atoms. The maximum absolute atomic E-state index is 12.9. The summed E-state index contributed by atoms with van der Waals surface area (Å²) in [4.78, 5) is 12.0. The van der Waals surface area contributed by atoms with Gasteiger partial charge in [0.15, 0.2) is 0 Å². The topological polar surface area (TPSA) is 68.2 Å². The molecule has 2 N–H and O–H groups in total. The number of aromatic nitrogens is 2. The maximum Gasteiger partial charge on any atom is 0.433 e. The molecule has 1 fully saturated rings. The fraction of sp³-hybridized carbons (Fsp3) is 0.412. The number of halogens is 3. The molecular weight excluding hydrogens is 349 g/mol. The van der Waals surface area contributed by atoms with Crippen LogP contribution in [-0.4, -0.2) is 34.6 Å². The maximum atomic E-state index is 12.9. The van der Waals surface area contributed by atoms with Gasteiger partial charge in [-0.3, -0.25) is 0 Å². The number of nitrogens with one attached hydrogen (secondary N) is 2. The fourth-order valence-electron chi connectivity index (χ4n) is 2.87. The van der Waals surface area contributed by atoms with Crippen LogP contribution in [0.4, 0.5) is 23.7 Å². The number of hydrogen-bond acceptors (Lipinski definition) is 3. The Morgan fingerprint density at radius 2 is 2.04 bits per heavy atom. The lowest BCUT2D eigenvalue weighted by atomic mass is 10.1. The molecular formula is C17H19F3N4O2. The van der Waals surface area contributed by atoms with Crippen molar-refractivity contribution < 1.29 is 22.7 Å². The molecule has 0 aliphatic carbocycles. The number of nitrogens with zero attached hydrogens (tertiary/aromatic N) is 2. The Morgan fingerprint density at radius 3 is 2.65 bits per heavy atom. The zero-order valence-electron chi connectivity index (χ0n) is 14.1. The molecule has 2 aromatic rings. The van der Waals surface area contributed by atoms with E-state index in [0.717, 1.165) is 29.8 Å². The van der Waals surface area contributed by atoms with Crippen molar-refractivity contribution in [1.29, 1.82) is 0 Å². The van der Waals surface area contributed by atoms with Crippen LogP contribution in [0.1, 0.15) is 25.5 Å². The number of benzene rings is 1.